The number of carbonyl (C=O) groups excluding carboxylic acids is 1. The predicted molar refractivity (Wildman–Crippen MR) is 138 cm³/mol. The van der Waals surface area contributed by atoms with Crippen LogP contribution >= 0.6 is 0 Å². The molecule has 1 amide bonds. The van der Waals surface area contributed by atoms with Crippen LogP contribution in [0.15, 0.2) is 18.2 Å². The Balaban J connectivity index is 1.89. The lowest BCUT2D eigenvalue weighted by molar-refractivity contribution is -0.211. The largest absolute Gasteiger partial charge is 0.433 e. The van der Waals surface area contributed by atoms with E-state index >= 15 is 0 Å². The monoisotopic (exact) mass is 606 g/mol. The maximum Gasteiger partial charge on any atom is 0.394 e. The van der Waals surface area contributed by atoms with E-state index in [0.717, 1.165) is 30.7 Å². The lowest BCUT2D eigenvalue weighted by atomic mass is 9.85. The Hall–Kier alpha value is -3.25. The first-order valence-electron chi connectivity index (χ1n) is 12.6. The molecule has 2 aromatic rings. The second kappa shape index (κ2) is 11.9. The summed E-state index contributed by atoms with van der Waals surface area (Å²) in [5.74, 6) is -1.70. The van der Waals surface area contributed by atoms with Gasteiger partial charge < -0.3 is 15.2 Å². The quantitative estimate of drug-likeness (QED) is 0.411. The van der Waals surface area contributed by atoms with Gasteiger partial charge in [-0.3, -0.25) is 9.36 Å². The zero-order valence-electron chi connectivity index (χ0n) is 22.8. The van der Waals surface area contributed by atoms with Crippen LogP contribution in [-0.2, 0) is 16.3 Å². The van der Waals surface area contributed by atoms with Crippen LogP contribution in [0.1, 0.15) is 60.7 Å². The van der Waals surface area contributed by atoms with Crippen molar-refractivity contribution in [1.29, 1.82) is 5.26 Å². The number of aliphatic hydroxyl groups is 1. The number of carbonyl (C=O) groups is 1. The van der Waals surface area contributed by atoms with Crippen molar-refractivity contribution >= 4 is 15.7 Å². The number of imidazole rings is 1. The number of hydrogen-bond donors (Lipinski definition) is 2. The molecule has 1 aliphatic rings. The number of aliphatic hydroxyl groups excluding tert-OH is 1. The first-order chi connectivity index (χ1) is 18.9. The van der Waals surface area contributed by atoms with Crippen molar-refractivity contribution in [3.05, 3.63) is 41.0 Å². The number of nitrogens with zero attached hydrogens (tertiary/aromatic N) is 3. The fraction of sp³-hybridized carbons (Fsp3) is 0.577. The number of rotatable bonds is 9. The molecule has 3 atom stereocenters. The van der Waals surface area contributed by atoms with Crippen LogP contribution in [0.3, 0.4) is 0 Å². The van der Waals surface area contributed by atoms with Crippen molar-refractivity contribution in [2.24, 2.45) is 11.3 Å². The summed E-state index contributed by atoms with van der Waals surface area (Å²) in [4.78, 5) is 17.1. The first kappa shape index (κ1) is 32.3. The van der Waals surface area contributed by atoms with Gasteiger partial charge in [0.1, 0.15) is 27.5 Å². The Labute approximate surface area is 234 Å². The van der Waals surface area contributed by atoms with Gasteiger partial charge in [0.15, 0.2) is 11.4 Å². The minimum absolute atomic E-state index is 0.0274. The first-order valence-corrected chi connectivity index (χ1v) is 14.6. The smallest absolute Gasteiger partial charge is 0.394 e. The normalized spacial score (nSPS) is 20.1. The maximum atomic E-state index is 13.4. The number of nitriles is 1. The fourth-order valence-corrected chi connectivity index (χ4v) is 5.96. The molecular weight excluding hydrogens is 575 g/mol. The van der Waals surface area contributed by atoms with Gasteiger partial charge in [-0.05, 0) is 50.3 Å². The molecule has 2 N–H and O–H groups in total. The summed E-state index contributed by atoms with van der Waals surface area (Å²) >= 11 is 0. The molecule has 1 saturated carbocycles. The molecule has 1 heterocycles. The summed E-state index contributed by atoms with van der Waals surface area (Å²) in [5.41, 5.74) is -2.90. The van der Waals surface area contributed by atoms with Gasteiger partial charge in [-0.15, -0.1) is 0 Å². The van der Waals surface area contributed by atoms with Gasteiger partial charge in [0.2, 0.25) is 0 Å². The molecular formula is C26H31F5N4O5S. The molecule has 9 nitrogen and oxygen atoms in total. The molecule has 0 radical (unpaired) electrons. The summed E-state index contributed by atoms with van der Waals surface area (Å²) < 4.78 is 96.0. The highest BCUT2D eigenvalue weighted by atomic mass is 32.2. The van der Waals surface area contributed by atoms with Crippen molar-refractivity contribution in [3.8, 4) is 17.5 Å². The Morgan fingerprint density at radius 3 is 2.49 bits per heavy atom. The van der Waals surface area contributed by atoms with E-state index in [-0.39, 0.29) is 41.4 Å². The van der Waals surface area contributed by atoms with Crippen LogP contribution in [0.5, 0.6) is 5.75 Å². The lowest BCUT2D eigenvalue weighted by Gasteiger charge is -2.32. The van der Waals surface area contributed by atoms with Gasteiger partial charge in [0, 0.05) is 18.7 Å². The number of nitrogens with one attached hydrogen (secondary N) is 1. The van der Waals surface area contributed by atoms with Gasteiger partial charge in [-0.1, -0.05) is 19.9 Å². The highest BCUT2D eigenvalue weighted by Gasteiger charge is 2.47. The Morgan fingerprint density at radius 2 is 1.95 bits per heavy atom. The summed E-state index contributed by atoms with van der Waals surface area (Å²) in [7, 11) is -3.33. The number of sulfone groups is 1. The molecule has 1 aromatic heterocycles. The van der Waals surface area contributed by atoms with Crippen LogP contribution in [0, 0.1) is 29.6 Å². The third kappa shape index (κ3) is 7.34. The standard InChI is InChI=1S/C26H31F5N4O5S/c1-14-34-22(23(37)33-13-16-6-7-17(10-20(16)36)41(4,38)39)19(12-32)35(14)18-8-5-15(9-21(18)40-24(27)28)11-25(2,3)26(29,30)31/h5,8-9,16-17,20,24,36H,6-7,10-11,13H2,1-4H3,(H,33,37)/t16-,17?,20+/m1/s1. The molecule has 226 valence electrons. The van der Waals surface area contributed by atoms with E-state index in [4.69, 9.17) is 0 Å². The molecule has 1 fully saturated rings. The van der Waals surface area contributed by atoms with Crippen LogP contribution in [0.25, 0.3) is 5.69 Å². The maximum absolute atomic E-state index is 13.4. The zero-order valence-corrected chi connectivity index (χ0v) is 23.6. The van der Waals surface area contributed by atoms with E-state index in [9.17, 15) is 45.5 Å². The Kier molecular flexibility index (Phi) is 9.39. The SMILES string of the molecule is Cc1nc(C(=O)NC[C@H]2CCC(S(C)(=O)=O)C[C@@H]2O)c(C#N)n1-c1ccc(CC(C)(C)C(F)(F)F)cc1OC(F)F. The Bertz CT molecular complexity index is 1430. The zero-order chi connectivity index (χ0) is 30.9. The molecule has 0 saturated heterocycles. The van der Waals surface area contributed by atoms with Gasteiger partial charge in [0.05, 0.1) is 22.5 Å². The number of aromatic nitrogens is 2. The molecule has 0 spiro atoms. The minimum atomic E-state index is -4.56. The number of benzene rings is 1. The van der Waals surface area contributed by atoms with Crippen molar-refractivity contribution in [2.45, 2.75) is 70.6 Å². The third-order valence-electron chi connectivity index (χ3n) is 7.30. The third-order valence-corrected chi connectivity index (χ3v) is 8.94. The van der Waals surface area contributed by atoms with E-state index < -0.39 is 63.4 Å². The van der Waals surface area contributed by atoms with Crippen molar-refractivity contribution < 1.29 is 45.0 Å². The van der Waals surface area contributed by atoms with E-state index in [1.54, 1.807) is 0 Å². The molecule has 1 aromatic carbocycles. The summed E-state index contributed by atoms with van der Waals surface area (Å²) in [6.07, 6.45) is -4.29. The molecule has 1 aliphatic carbocycles. The summed E-state index contributed by atoms with van der Waals surface area (Å²) in [6, 6.07) is 5.35. The van der Waals surface area contributed by atoms with E-state index in [2.05, 4.69) is 15.0 Å². The summed E-state index contributed by atoms with van der Waals surface area (Å²) in [5, 5.41) is 22.2. The van der Waals surface area contributed by atoms with E-state index in [1.807, 2.05) is 6.07 Å². The van der Waals surface area contributed by atoms with Gasteiger partial charge >= 0.3 is 12.8 Å². The number of ether oxygens (including phenoxy) is 1. The van der Waals surface area contributed by atoms with E-state index in [0.29, 0.717) is 12.8 Å². The average molecular weight is 607 g/mol. The van der Waals surface area contributed by atoms with Gasteiger partial charge in [-0.25, -0.2) is 13.4 Å². The van der Waals surface area contributed by atoms with Gasteiger partial charge in [0.25, 0.3) is 5.91 Å². The van der Waals surface area contributed by atoms with E-state index in [1.165, 1.54) is 19.1 Å². The fourth-order valence-electron chi connectivity index (χ4n) is 4.85. The average Bonchev–Trinajstić information content (AvgIpc) is 3.17. The number of halogens is 5. The molecule has 0 aliphatic heterocycles. The number of amides is 1. The molecule has 0 bridgehead atoms. The van der Waals surface area contributed by atoms with Crippen LogP contribution in [0.4, 0.5) is 22.0 Å². The van der Waals surface area contributed by atoms with Crippen LogP contribution < -0.4 is 10.1 Å². The second-order valence-corrected chi connectivity index (χ2v) is 13.2. The molecule has 41 heavy (non-hydrogen) atoms. The molecule has 15 heteroatoms. The number of alkyl halides is 5. The lowest BCUT2D eigenvalue weighted by Crippen LogP contribution is -2.42. The summed E-state index contributed by atoms with van der Waals surface area (Å²) in [6.45, 7) is -0.00849. The second-order valence-electron chi connectivity index (χ2n) is 10.8. The van der Waals surface area contributed by atoms with Crippen LogP contribution in [-0.4, -0.2) is 65.9 Å². The van der Waals surface area contributed by atoms with Crippen LogP contribution in [0.2, 0.25) is 0 Å². The Morgan fingerprint density at radius 1 is 1.29 bits per heavy atom. The minimum Gasteiger partial charge on any atom is -0.433 e. The molecule has 1 unspecified atom stereocenters. The van der Waals surface area contributed by atoms with Crippen molar-refractivity contribution in [1.82, 2.24) is 14.9 Å². The number of aryl methyl sites for hydroxylation is 1. The number of hydrogen-bond acceptors (Lipinski definition) is 7. The van der Waals surface area contributed by atoms with Crippen molar-refractivity contribution in [3.63, 3.8) is 0 Å². The topological polar surface area (TPSA) is 134 Å². The highest BCUT2D eigenvalue weighted by Crippen LogP contribution is 2.41. The predicted octanol–water partition coefficient (Wildman–Crippen LogP) is 4.09. The van der Waals surface area contributed by atoms with Gasteiger partial charge in [-0.2, -0.15) is 27.2 Å². The van der Waals surface area contributed by atoms with Crippen molar-refractivity contribution in [2.75, 3.05) is 12.8 Å². The highest BCUT2D eigenvalue weighted by molar-refractivity contribution is 7.91. The molecule has 3 rings (SSSR count).